The highest BCUT2D eigenvalue weighted by Gasteiger charge is 2.44. The minimum absolute atomic E-state index is 0.00429. The average Bonchev–Trinajstić information content (AvgIpc) is 0.811. The van der Waals surface area contributed by atoms with Crippen LogP contribution >= 0.6 is 0 Å². The van der Waals surface area contributed by atoms with Crippen molar-refractivity contribution in [2.45, 2.75) is 213 Å². The summed E-state index contributed by atoms with van der Waals surface area (Å²) in [7, 11) is 0. The number of aliphatic hydroxyl groups excluding tert-OH is 4. The Labute approximate surface area is 622 Å². The van der Waals surface area contributed by atoms with E-state index in [0.717, 1.165) is 6.92 Å². The minimum Gasteiger partial charge on any atom is -0.453 e. The Balaban J connectivity index is 2.01. The van der Waals surface area contributed by atoms with Gasteiger partial charge in [0.05, 0.1) is 25.4 Å². The number of hydrogen-bond donors (Lipinski definition) is 19. The van der Waals surface area contributed by atoms with Gasteiger partial charge in [0, 0.05) is 25.5 Å². The Bertz CT molecular complexity index is 3460. The molecule has 590 valence electrons. The van der Waals surface area contributed by atoms with Gasteiger partial charge in [-0.2, -0.15) is 0 Å². The molecule has 2 heterocycles. The van der Waals surface area contributed by atoms with E-state index in [1.165, 1.54) is 62.6 Å². The second kappa shape index (κ2) is 44.5. The van der Waals surface area contributed by atoms with Gasteiger partial charge in [-0.3, -0.25) is 63.1 Å². The number of nitrogens with two attached hydrogens (primary N) is 1. The molecule has 1 aromatic heterocycles. The van der Waals surface area contributed by atoms with E-state index in [4.69, 9.17) is 20.6 Å². The maximum Gasteiger partial charge on any atom is 0.408 e. The average molecular weight is 1500 g/mol. The summed E-state index contributed by atoms with van der Waals surface area (Å²) in [6, 6.07) is 0.239. The Kier molecular flexibility index (Phi) is 37.1. The molecule has 0 aliphatic carbocycles. The summed E-state index contributed by atoms with van der Waals surface area (Å²) in [4.78, 5) is 193. The molecular weight excluding hydrogens is 1390 g/mol. The van der Waals surface area contributed by atoms with Crippen molar-refractivity contribution in [1.82, 2.24) is 74.1 Å². The molecule has 0 unspecified atom stereocenters. The van der Waals surface area contributed by atoms with Gasteiger partial charge in [-0.25, -0.2) is 9.59 Å². The van der Waals surface area contributed by atoms with Crippen LogP contribution in [0.2, 0.25) is 0 Å². The molecule has 35 heteroatoms. The largest absolute Gasteiger partial charge is 0.453 e. The minimum atomic E-state index is -2.55. The van der Waals surface area contributed by atoms with Crippen LogP contribution in [0.15, 0.2) is 85.2 Å². The quantitative estimate of drug-likeness (QED) is 0.0161. The number of aliphatic hydroxyl groups is 4. The first-order valence-electron chi connectivity index (χ1n) is 35.7. The maximum absolute atomic E-state index is 15.7. The summed E-state index contributed by atoms with van der Waals surface area (Å²) in [5.41, 5.74) is 6.47. The van der Waals surface area contributed by atoms with E-state index in [1.807, 2.05) is 0 Å². The number of cyclic esters (lactones) is 1. The van der Waals surface area contributed by atoms with E-state index in [1.54, 1.807) is 91.8 Å². The van der Waals surface area contributed by atoms with Gasteiger partial charge in [-0.05, 0) is 91.4 Å². The Morgan fingerprint density at radius 1 is 0.617 bits per heavy atom. The summed E-state index contributed by atoms with van der Waals surface area (Å²) in [5, 5.41) is 85.3. The molecule has 1 aliphatic rings. The van der Waals surface area contributed by atoms with E-state index in [-0.39, 0.29) is 69.7 Å². The molecule has 4 rings (SSSR count). The van der Waals surface area contributed by atoms with Gasteiger partial charge in [0.2, 0.25) is 59.1 Å². The number of benzene rings is 2. The molecule has 15 atom stereocenters. The van der Waals surface area contributed by atoms with Crippen LogP contribution in [-0.4, -0.2) is 207 Å². The number of rotatable bonds is 28. The monoisotopic (exact) mass is 1500 g/mol. The summed E-state index contributed by atoms with van der Waals surface area (Å²) < 4.78 is 11.5. The van der Waals surface area contributed by atoms with Crippen LogP contribution in [0.3, 0.4) is 0 Å². The highest BCUT2D eigenvalue weighted by Crippen LogP contribution is 2.25. The fraction of sp³-hybridized carbons (Fsp3) is 0.569. The van der Waals surface area contributed by atoms with Gasteiger partial charge in [0.25, 0.3) is 5.91 Å². The molecule has 12 amide bonds. The standard InChI is InChI=1S/C72H108N16O19/c1-12-41(10)52-65(99)86-53(42(11)90)64(98)78-34-51(91)84-55(58(93)69(103)77-33-44-23-19-27-75-32-44)67(101)82-50(35-89)70(104)107-59(45-24-17-14-18-25-45)56(88-63(97)48(30-38(4)5)80-62(96)49(31-39(6)7)83-72(105)106-36-43-21-15-13-16-22-43)68(102)87-54(57(92)40(8)9)66(100)81-47(29-37(2)3)61(95)79-46(60(94)85-52)26-20-28-76-71(73)74/h13-19,21-25,27,32,37-42,46-50,52-59,89-90,92-93H,12,20,26,28-31,33-36H2,1-11H3,(H,77,103)(H,78,98)(H,79,95)(H,80,96)(H,81,100)(H,82,101)(H,83,105)(H,84,91)(H,85,94)(H,86,99)(H,87,102)(H,88,97)(H4,73,74,76)/t41-,42-,46+,47-,48-,49+,50-,52-,53-,54-,55-,56-,57+,58-,59+/m0/s1. The van der Waals surface area contributed by atoms with Crippen molar-refractivity contribution < 1.29 is 92.2 Å². The summed E-state index contributed by atoms with van der Waals surface area (Å²) in [6.07, 6.45) is -6.71. The van der Waals surface area contributed by atoms with E-state index in [0.29, 0.717) is 11.1 Å². The second-order valence-corrected chi connectivity index (χ2v) is 27.9. The lowest BCUT2D eigenvalue weighted by molar-refractivity contribution is -0.159. The van der Waals surface area contributed by atoms with Crippen molar-refractivity contribution in [3.63, 3.8) is 0 Å². The molecule has 2 aromatic carbocycles. The predicted octanol–water partition coefficient (Wildman–Crippen LogP) is -2.03. The zero-order chi connectivity index (χ0) is 79.8. The molecule has 0 saturated carbocycles. The normalized spacial score (nSPS) is 22.5. The number of ether oxygens (including phenoxy) is 2. The number of aromatic nitrogens is 1. The Morgan fingerprint density at radius 2 is 1.18 bits per heavy atom. The zero-order valence-corrected chi connectivity index (χ0v) is 62.3. The molecule has 35 nitrogen and oxygen atoms in total. The van der Waals surface area contributed by atoms with E-state index < -0.39 is 205 Å². The first kappa shape index (κ1) is 89.0. The molecule has 20 N–H and O–H groups in total. The van der Waals surface area contributed by atoms with Crippen molar-refractivity contribution in [2.75, 3.05) is 19.7 Å². The van der Waals surface area contributed by atoms with E-state index >= 15 is 14.4 Å². The number of guanidine groups is 1. The molecular formula is C72H108N16O19. The lowest BCUT2D eigenvalue weighted by Crippen LogP contribution is -2.64. The van der Waals surface area contributed by atoms with Crippen molar-refractivity contribution >= 4 is 83.0 Å². The number of pyridine rings is 1. The zero-order valence-electron chi connectivity index (χ0n) is 62.3. The second-order valence-electron chi connectivity index (χ2n) is 27.9. The number of amides is 12. The number of carbonyl (C=O) groups is 13. The number of carbonyl (C=O) groups excluding carboxylic acids is 13. The third-order valence-corrected chi connectivity index (χ3v) is 17.1. The molecule has 0 radical (unpaired) electrons. The Morgan fingerprint density at radius 3 is 1.75 bits per heavy atom. The van der Waals surface area contributed by atoms with Crippen LogP contribution in [0.1, 0.15) is 137 Å². The smallest absolute Gasteiger partial charge is 0.408 e. The molecule has 3 aromatic rings. The lowest BCUT2D eigenvalue weighted by Gasteiger charge is -2.34. The molecule has 1 aliphatic heterocycles. The summed E-state index contributed by atoms with van der Waals surface area (Å²) in [6.45, 7) is 14.7. The molecule has 107 heavy (non-hydrogen) atoms. The van der Waals surface area contributed by atoms with Gasteiger partial charge in [-0.1, -0.05) is 142 Å². The number of nitrogens with zero attached hydrogens (tertiary/aromatic N) is 1. The van der Waals surface area contributed by atoms with Crippen LogP contribution in [-0.2, 0) is 80.2 Å². The third-order valence-electron chi connectivity index (χ3n) is 17.1. The number of hydrogen-bond acceptors (Lipinski definition) is 21. The van der Waals surface area contributed by atoms with Crippen LogP contribution in [0.5, 0.6) is 0 Å². The predicted molar refractivity (Wildman–Crippen MR) is 388 cm³/mol. The summed E-state index contributed by atoms with van der Waals surface area (Å²) in [5.74, 6) is -17.8. The van der Waals surface area contributed by atoms with Gasteiger partial charge >= 0.3 is 12.1 Å². The highest BCUT2D eigenvalue weighted by atomic mass is 16.6. The van der Waals surface area contributed by atoms with Crippen LogP contribution < -0.4 is 74.9 Å². The van der Waals surface area contributed by atoms with Crippen molar-refractivity contribution in [2.24, 2.45) is 35.3 Å². The first-order valence-corrected chi connectivity index (χ1v) is 35.7. The number of esters is 1. The topological polar surface area (TPSA) is 540 Å². The van der Waals surface area contributed by atoms with Crippen LogP contribution in [0.4, 0.5) is 4.79 Å². The lowest BCUT2D eigenvalue weighted by atomic mass is 9.95. The van der Waals surface area contributed by atoms with Gasteiger partial charge in [0.1, 0.15) is 61.0 Å². The first-order chi connectivity index (χ1) is 50.5. The summed E-state index contributed by atoms with van der Waals surface area (Å²) >= 11 is 0. The van der Waals surface area contributed by atoms with Crippen LogP contribution in [0.25, 0.3) is 0 Å². The third kappa shape index (κ3) is 29.8. The molecule has 0 spiro atoms. The van der Waals surface area contributed by atoms with Crippen molar-refractivity contribution in [1.29, 1.82) is 5.41 Å². The van der Waals surface area contributed by atoms with Crippen LogP contribution in [0, 0.1) is 35.0 Å². The molecule has 0 bridgehead atoms. The van der Waals surface area contributed by atoms with E-state index in [2.05, 4.69) is 74.1 Å². The van der Waals surface area contributed by atoms with Crippen molar-refractivity contribution in [3.05, 3.63) is 102 Å². The molecule has 1 fully saturated rings. The Hall–Kier alpha value is -10.4. The highest BCUT2D eigenvalue weighted by molar-refractivity contribution is 6.00. The van der Waals surface area contributed by atoms with Gasteiger partial charge < -0.3 is 105 Å². The number of alkyl carbamates (subject to hydrolysis) is 1. The number of nitrogens with one attached hydrogen (secondary N) is 14. The van der Waals surface area contributed by atoms with Gasteiger partial charge in [-0.15, -0.1) is 0 Å². The fourth-order valence-corrected chi connectivity index (χ4v) is 11.0. The fourth-order valence-electron chi connectivity index (χ4n) is 11.0. The van der Waals surface area contributed by atoms with E-state index in [9.17, 15) is 68.4 Å². The maximum atomic E-state index is 15.7. The molecule has 1 saturated heterocycles. The SMILES string of the molecule is CC[C@H](C)[C@@H]1NC(=O)[C@@H](CCCNC(=N)N)NC(=O)[C@H](CC(C)C)NC(=O)[C@H]([C@H](O)C(C)C)NC(=O)[C@@H](NC(=O)[C@H](CC(C)C)NC(=O)[C@@H](CC(C)C)NC(=O)OCc2ccccc2)[C@@H](c2ccccc2)OC(=O)[C@H](CO)NC(=O)[C@H]([C@H](O)C(=O)NCc2cccnc2)NC(=O)CNC(=O)[C@H]([C@H](C)O)NC1=O. The van der Waals surface area contributed by atoms with Gasteiger partial charge in [0.15, 0.2) is 24.2 Å². The van der Waals surface area contributed by atoms with Crippen molar-refractivity contribution in [3.8, 4) is 0 Å².